The number of hydrogen-bond acceptors (Lipinski definition) is 1. The largest absolute Gasteiger partial charge is 0.244 e. The van der Waals surface area contributed by atoms with Gasteiger partial charge in [0, 0.05) is 11.2 Å². The Hall–Kier alpha value is -1.31. The molecular weight excluding hydrogens is 253 g/mol. The highest BCUT2D eigenvalue weighted by Crippen LogP contribution is 2.19. The van der Waals surface area contributed by atoms with Crippen LogP contribution in [-0.2, 0) is 0 Å². The van der Waals surface area contributed by atoms with Gasteiger partial charge in [-0.2, -0.15) is 0 Å². The predicted octanol–water partition coefficient (Wildman–Crippen LogP) is 4.95. The van der Waals surface area contributed by atoms with Crippen LogP contribution >= 0.6 is 23.2 Å². The lowest BCUT2D eigenvalue weighted by atomic mass is 10.1. The molecule has 0 aliphatic rings. The third kappa shape index (κ3) is 3.32. The monoisotopic (exact) mass is 263 g/mol. The van der Waals surface area contributed by atoms with Gasteiger partial charge in [-0.15, -0.1) is 0 Å². The Labute approximate surface area is 111 Å². The number of benzene rings is 1. The van der Waals surface area contributed by atoms with Gasteiger partial charge in [-0.05, 0) is 41.8 Å². The summed E-state index contributed by atoms with van der Waals surface area (Å²) in [5.41, 5.74) is 3.31. The second kappa shape index (κ2) is 5.35. The van der Waals surface area contributed by atoms with E-state index in [1.807, 2.05) is 37.3 Å². The van der Waals surface area contributed by atoms with Gasteiger partial charge in [0.1, 0.15) is 5.15 Å². The van der Waals surface area contributed by atoms with Crippen molar-refractivity contribution < 1.29 is 0 Å². The molecule has 1 nitrogen and oxygen atoms in total. The van der Waals surface area contributed by atoms with Gasteiger partial charge in [0.2, 0.25) is 0 Å². The highest BCUT2D eigenvalue weighted by molar-refractivity contribution is 6.30. The van der Waals surface area contributed by atoms with Gasteiger partial charge < -0.3 is 0 Å². The van der Waals surface area contributed by atoms with E-state index in [9.17, 15) is 0 Å². The van der Waals surface area contributed by atoms with E-state index in [0.717, 1.165) is 21.7 Å². The lowest BCUT2D eigenvalue weighted by molar-refractivity contribution is 1.31. The van der Waals surface area contributed by atoms with Crippen LogP contribution in [0.2, 0.25) is 10.2 Å². The van der Waals surface area contributed by atoms with Crippen LogP contribution in [-0.4, -0.2) is 4.98 Å². The Morgan fingerprint density at radius 1 is 1.06 bits per heavy atom. The van der Waals surface area contributed by atoms with Crippen LogP contribution in [0.4, 0.5) is 0 Å². The first-order valence-corrected chi connectivity index (χ1v) is 5.96. The SMILES string of the molecule is C/C(=C\c1ccc(Cl)cc1)c1ccc(Cl)nc1. The molecule has 17 heavy (non-hydrogen) atoms. The first-order valence-electron chi connectivity index (χ1n) is 5.21. The maximum atomic E-state index is 5.84. The van der Waals surface area contributed by atoms with Crippen LogP contribution in [0.15, 0.2) is 42.6 Å². The molecule has 0 amide bonds. The fraction of sp³-hybridized carbons (Fsp3) is 0.0714. The van der Waals surface area contributed by atoms with Crippen molar-refractivity contribution in [3.63, 3.8) is 0 Å². The van der Waals surface area contributed by atoms with Gasteiger partial charge in [-0.3, -0.25) is 0 Å². The van der Waals surface area contributed by atoms with E-state index in [1.165, 1.54) is 0 Å². The fourth-order valence-electron chi connectivity index (χ4n) is 1.50. The molecule has 1 aromatic heterocycles. The number of pyridine rings is 1. The van der Waals surface area contributed by atoms with Crippen molar-refractivity contribution >= 4 is 34.9 Å². The van der Waals surface area contributed by atoms with Crippen molar-refractivity contribution in [2.75, 3.05) is 0 Å². The molecule has 2 aromatic rings. The van der Waals surface area contributed by atoms with E-state index in [-0.39, 0.29) is 0 Å². The Kier molecular flexibility index (Phi) is 3.82. The summed E-state index contributed by atoms with van der Waals surface area (Å²) in [5.74, 6) is 0. The summed E-state index contributed by atoms with van der Waals surface area (Å²) in [6.45, 7) is 2.04. The minimum absolute atomic E-state index is 0.507. The summed E-state index contributed by atoms with van der Waals surface area (Å²) >= 11 is 11.6. The number of aromatic nitrogens is 1. The second-order valence-corrected chi connectivity index (χ2v) is 4.57. The summed E-state index contributed by atoms with van der Waals surface area (Å²) in [6.07, 6.45) is 3.85. The molecule has 0 fully saturated rings. The van der Waals surface area contributed by atoms with Crippen molar-refractivity contribution in [2.45, 2.75) is 6.92 Å². The first kappa shape index (κ1) is 12.2. The summed E-state index contributed by atoms with van der Waals surface area (Å²) in [4.78, 5) is 4.06. The zero-order valence-corrected chi connectivity index (χ0v) is 10.8. The molecule has 3 heteroatoms. The molecule has 0 unspecified atom stereocenters. The number of rotatable bonds is 2. The molecule has 0 bridgehead atoms. The van der Waals surface area contributed by atoms with Crippen molar-refractivity contribution in [1.82, 2.24) is 4.98 Å². The Morgan fingerprint density at radius 2 is 1.76 bits per heavy atom. The van der Waals surface area contributed by atoms with Gasteiger partial charge in [0.15, 0.2) is 0 Å². The molecule has 0 spiro atoms. The van der Waals surface area contributed by atoms with Gasteiger partial charge >= 0.3 is 0 Å². The summed E-state index contributed by atoms with van der Waals surface area (Å²) in [6, 6.07) is 11.5. The maximum absolute atomic E-state index is 5.84. The van der Waals surface area contributed by atoms with E-state index in [0.29, 0.717) is 5.15 Å². The van der Waals surface area contributed by atoms with E-state index in [4.69, 9.17) is 23.2 Å². The van der Waals surface area contributed by atoms with Gasteiger partial charge in [-0.25, -0.2) is 4.98 Å². The van der Waals surface area contributed by atoms with Crippen molar-refractivity contribution in [3.05, 3.63) is 63.9 Å². The maximum Gasteiger partial charge on any atom is 0.129 e. The third-order valence-electron chi connectivity index (χ3n) is 2.44. The topological polar surface area (TPSA) is 12.9 Å². The summed E-state index contributed by atoms with van der Waals surface area (Å²) in [5, 5.41) is 1.25. The molecule has 1 aromatic carbocycles. The molecule has 0 aliphatic carbocycles. The van der Waals surface area contributed by atoms with Crippen LogP contribution in [0.5, 0.6) is 0 Å². The third-order valence-corrected chi connectivity index (χ3v) is 2.91. The Balaban J connectivity index is 2.27. The van der Waals surface area contributed by atoms with Crippen LogP contribution < -0.4 is 0 Å². The Morgan fingerprint density at radius 3 is 2.35 bits per heavy atom. The van der Waals surface area contributed by atoms with Gasteiger partial charge in [0.05, 0.1) is 0 Å². The lowest BCUT2D eigenvalue weighted by Crippen LogP contribution is -1.82. The lowest BCUT2D eigenvalue weighted by Gasteiger charge is -2.01. The molecular formula is C14H11Cl2N. The summed E-state index contributed by atoms with van der Waals surface area (Å²) < 4.78 is 0. The minimum atomic E-state index is 0.507. The highest BCUT2D eigenvalue weighted by Gasteiger charge is 1.97. The average molecular weight is 264 g/mol. The molecule has 0 N–H and O–H groups in total. The predicted molar refractivity (Wildman–Crippen MR) is 74.2 cm³/mol. The molecule has 0 radical (unpaired) electrons. The molecule has 0 atom stereocenters. The number of allylic oxidation sites excluding steroid dienone is 1. The van der Waals surface area contributed by atoms with Crippen molar-refractivity contribution in [2.24, 2.45) is 0 Å². The number of hydrogen-bond donors (Lipinski definition) is 0. The van der Waals surface area contributed by atoms with Crippen LogP contribution in [0.3, 0.4) is 0 Å². The number of halogens is 2. The van der Waals surface area contributed by atoms with Crippen LogP contribution in [0, 0.1) is 0 Å². The second-order valence-electron chi connectivity index (χ2n) is 3.75. The molecule has 1 heterocycles. The Bertz CT molecular complexity index is 527. The average Bonchev–Trinajstić information content (AvgIpc) is 2.33. The zero-order valence-electron chi connectivity index (χ0n) is 9.32. The smallest absolute Gasteiger partial charge is 0.129 e. The normalized spacial score (nSPS) is 11.6. The van der Waals surface area contributed by atoms with E-state index >= 15 is 0 Å². The van der Waals surface area contributed by atoms with Gasteiger partial charge in [0.25, 0.3) is 0 Å². The van der Waals surface area contributed by atoms with Crippen LogP contribution in [0.25, 0.3) is 11.6 Å². The molecule has 0 saturated carbocycles. The van der Waals surface area contributed by atoms with Gasteiger partial charge in [-0.1, -0.05) is 47.5 Å². The zero-order chi connectivity index (χ0) is 12.3. The minimum Gasteiger partial charge on any atom is -0.244 e. The highest BCUT2D eigenvalue weighted by atomic mass is 35.5. The standard InChI is InChI=1S/C14H11Cl2N/c1-10(12-4-7-14(16)17-9-12)8-11-2-5-13(15)6-3-11/h2-9H,1H3/b10-8+. The van der Waals surface area contributed by atoms with E-state index in [1.54, 1.807) is 12.3 Å². The fourth-order valence-corrected chi connectivity index (χ4v) is 1.74. The summed E-state index contributed by atoms with van der Waals surface area (Å²) in [7, 11) is 0. The molecule has 86 valence electrons. The quantitative estimate of drug-likeness (QED) is 0.699. The van der Waals surface area contributed by atoms with Crippen molar-refractivity contribution in [1.29, 1.82) is 0 Å². The molecule has 2 rings (SSSR count). The molecule has 0 aliphatic heterocycles. The van der Waals surface area contributed by atoms with Crippen LogP contribution in [0.1, 0.15) is 18.1 Å². The van der Waals surface area contributed by atoms with Crippen molar-refractivity contribution in [3.8, 4) is 0 Å². The van der Waals surface area contributed by atoms with E-state index in [2.05, 4.69) is 11.1 Å². The van der Waals surface area contributed by atoms with E-state index < -0.39 is 0 Å². The number of nitrogens with zero attached hydrogens (tertiary/aromatic N) is 1. The molecule has 0 saturated heterocycles. The first-order chi connectivity index (χ1) is 8.15.